The summed E-state index contributed by atoms with van der Waals surface area (Å²) in [5.74, 6) is -0.00750. The van der Waals surface area contributed by atoms with Gasteiger partial charge in [0.2, 0.25) is 0 Å². The summed E-state index contributed by atoms with van der Waals surface area (Å²) in [4.78, 5) is 18.2. The number of rotatable bonds is 2. The van der Waals surface area contributed by atoms with Gasteiger partial charge in [0.05, 0.1) is 10.4 Å². The fraction of sp³-hybridized carbons (Fsp3) is 0.667. The lowest BCUT2D eigenvalue weighted by Gasteiger charge is -2.34. The minimum atomic E-state index is -0.00750. The third-order valence-electron chi connectivity index (χ3n) is 3.30. The van der Waals surface area contributed by atoms with Gasteiger partial charge in [0.1, 0.15) is 5.69 Å². The van der Waals surface area contributed by atoms with Gasteiger partial charge in [0, 0.05) is 18.5 Å². The Balaban J connectivity index is 2.08. The number of halogens is 1. The molecule has 1 aliphatic rings. The van der Waals surface area contributed by atoms with Crippen molar-refractivity contribution in [3.05, 3.63) is 16.1 Å². The van der Waals surface area contributed by atoms with Crippen LogP contribution in [0.5, 0.6) is 0 Å². The van der Waals surface area contributed by atoms with E-state index in [-0.39, 0.29) is 17.3 Å². The maximum Gasteiger partial charge on any atom is 0.273 e. The van der Waals surface area contributed by atoms with Crippen LogP contribution in [0.2, 0.25) is 0 Å². The molecule has 94 valence electrons. The maximum absolute atomic E-state index is 12.2. The number of alkyl halides is 1. The molecule has 0 bridgehead atoms. The molecular formula is C12H17ClN2OS. The van der Waals surface area contributed by atoms with E-state index >= 15 is 0 Å². The van der Waals surface area contributed by atoms with Crippen LogP contribution in [0.15, 0.2) is 5.38 Å². The second kappa shape index (κ2) is 5.36. The number of carbonyl (C=O) groups excluding carboxylic acids is 1. The number of amides is 1. The second-order valence-electron chi connectivity index (χ2n) is 4.54. The lowest BCUT2D eigenvalue weighted by atomic mass is 9.94. The number of nitrogens with zero attached hydrogens (tertiary/aromatic N) is 2. The minimum Gasteiger partial charge on any atom is -0.336 e. The first-order valence-electron chi connectivity index (χ1n) is 5.93. The van der Waals surface area contributed by atoms with E-state index in [4.69, 9.17) is 11.6 Å². The van der Waals surface area contributed by atoms with Gasteiger partial charge < -0.3 is 4.90 Å². The highest BCUT2D eigenvalue weighted by Crippen LogP contribution is 2.27. The van der Waals surface area contributed by atoms with E-state index in [1.807, 2.05) is 19.4 Å². The van der Waals surface area contributed by atoms with E-state index in [0.29, 0.717) is 5.69 Å². The molecule has 0 aliphatic heterocycles. The predicted octanol–water partition coefficient (Wildman–Crippen LogP) is 3.07. The molecule has 0 radical (unpaired) electrons. The Morgan fingerprint density at radius 2 is 2.24 bits per heavy atom. The minimum absolute atomic E-state index is 0.00750. The molecule has 0 spiro atoms. The molecule has 1 aliphatic carbocycles. The smallest absolute Gasteiger partial charge is 0.273 e. The van der Waals surface area contributed by atoms with Crippen molar-refractivity contribution in [2.45, 2.75) is 44.0 Å². The first-order valence-corrected chi connectivity index (χ1v) is 7.24. The van der Waals surface area contributed by atoms with Gasteiger partial charge in [0.15, 0.2) is 0 Å². The van der Waals surface area contributed by atoms with E-state index in [9.17, 15) is 4.79 Å². The Morgan fingerprint density at radius 3 is 2.82 bits per heavy atom. The number of carbonyl (C=O) groups is 1. The highest BCUT2D eigenvalue weighted by Gasteiger charge is 2.30. The van der Waals surface area contributed by atoms with Crippen LogP contribution in [0.1, 0.15) is 41.2 Å². The van der Waals surface area contributed by atoms with Gasteiger partial charge in [-0.3, -0.25) is 4.79 Å². The van der Waals surface area contributed by atoms with Crippen molar-refractivity contribution in [3.63, 3.8) is 0 Å². The van der Waals surface area contributed by atoms with E-state index in [1.54, 1.807) is 4.90 Å². The van der Waals surface area contributed by atoms with Crippen LogP contribution in [-0.2, 0) is 0 Å². The Kier molecular flexibility index (Phi) is 4.05. The van der Waals surface area contributed by atoms with Crippen LogP contribution in [-0.4, -0.2) is 34.3 Å². The number of thiazole rings is 1. The van der Waals surface area contributed by atoms with Gasteiger partial charge in [-0.25, -0.2) is 4.98 Å². The molecule has 1 heterocycles. The van der Waals surface area contributed by atoms with Crippen LogP contribution < -0.4 is 0 Å². The van der Waals surface area contributed by atoms with E-state index in [0.717, 1.165) is 24.3 Å². The molecule has 0 N–H and O–H groups in total. The van der Waals surface area contributed by atoms with E-state index in [1.165, 1.54) is 17.8 Å². The zero-order chi connectivity index (χ0) is 12.4. The summed E-state index contributed by atoms with van der Waals surface area (Å²) >= 11 is 7.81. The third kappa shape index (κ3) is 2.80. The summed E-state index contributed by atoms with van der Waals surface area (Å²) in [6, 6.07) is 0.153. The van der Waals surface area contributed by atoms with Crippen LogP contribution in [0, 0.1) is 6.92 Å². The summed E-state index contributed by atoms with van der Waals surface area (Å²) in [6.07, 6.45) is 4.32. The number of aromatic nitrogens is 1. The number of hydrogen-bond donors (Lipinski definition) is 0. The number of hydrogen-bond acceptors (Lipinski definition) is 3. The standard InChI is InChI=1S/C12H17ClN2OS/c1-8-14-10(7-17-8)12(16)15(2)11-6-4-3-5-9(11)13/h7,9,11H,3-6H2,1-2H3. The van der Waals surface area contributed by atoms with Crippen molar-refractivity contribution in [2.75, 3.05) is 7.05 Å². The fourth-order valence-electron chi connectivity index (χ4n) is 2.30. The second-order valence-corrected chi connectivity index (χ2v) is 6.16. The average Bonchev–Trinajstić information content (AvgIpc) is 2.75. The van der Waals surface area contributed by atoms with Crippen LogP contribution in [0.25, 0.3) is 0 Å². The highest BCUT2D eigenvalue weighted by atomic mass is 35.5. The van der Waals surface area contributed by atoms with Crippen LogP contribution in [0.3, 0.4) is 0 Å². The molecule has 1 aromatic rings. The van der Waals surface area contributed by atoms with Gasteiger partial charge in [-0.05, 0) is 19.8 Å². The van der Waals surface area contributed by atoms with Gasteiger partial charge in [-0.1, -0.05) is 12.8 Å². The Labute approximate surface area is 111 Å². The molecular weight excluding hydrogens is 256 g/mol. The van der Waals surface area contributed by atoms with Crippen molar-refractivity contribution in [1.82, 2.24) is 9.88 Å². The molecule has 0 saturated heterocycles. The Morgan fingerprint density at radius 1 is 1.53 bits per heavy atom. The molecule has 17 heavy (non-hydrogen) atoms. The molecule has 1 fully saturated rings. The van der Waals surface area contributed by atoms with Crippen LogP contribution >= 0.6 is 22.9 Å². The van der Waals surface area contributed by atoms with Crippen molar-refractivity contribution < 1.29 is 4.79 Å². The molecule has 3 nitrogen and oxygen atoms in total. The molecule has 2 unspecified atom stereocenters. The summed E-state index contributed by atoms with van der Waals surface area (Å²) in [7, 11) is 1.84. The fourth-order valence-corrected chi connectivity index (χ4v) is 3.33. The van der Waals surface area contributed by atoms with Gasteiger partial charge in [-0.15, -0.1) is 22.9 Å². The molecule has 1 aromatic heterocycles. The van der Waals surface area contributed by atoms with E-state index < -0.39 is 0 Å². The van der Waals surface area contributed by atoms with Crippen molar-refractivity contribution in [1.29, 1.82) is 0 Å². The van der Waals surface area contributed by atoms with Gasteiger partial charge in [0.25, 0.3) is 5.91 Å². The molecule has 1 amide bonds. The summed E-state index contributed by atoms with van der Waals surface area (Å²) in [5, 5.41) is 2.82. The topological polar surface area (TPSA) is 33.2 Å². The van der Waals surface area contributed by atoms with Gasteiger partial charge >= 0.3 is 0 Å². The zero-order valence-corrected chi connectivity index (χ0v) is 11.7. The molecule has 1 saturated carbocycles. The van der Waals surface area contributed by atoms with Gasteiger partial charge in [-0.2, -0.15) is 0 Å². The van der Waals surface area contributed by atoms with Crippen LogP contribution in [0.4, 0.5) is 0 Å². The quantitative estimate of drug-likeness (QED) is 0.775. The monoisotopic (exact) mass is 272 g/mol. The summed E-state index contributed by atoms with van der Waals surface area (Å²) in [5.41, 5.74) is 0.546. The lowest BCUT2D eigenvalue weighted by Crippen LogP contribution is -2.44. The van der Waals surface area contributed by atoms with Crippen molar-refractivity contribution in [3.8, 4) is 0 Å². The predicted molar refractivity (Wildman–Crippen MR) is 70.8 cm³/mol. The molecule has 0 aromatic carbocycles. The summed E-state index contributed by atoms with van der Waals surface area (Å²) < 4.78 is 0. The van der Waals surface area contributed by atoms with E-state index in [2.05, 4.69) is 4.98 Å². The first-order chi connectivity index (χ1) is 8.09. The Bertz CT molecular complexity index is 407. The lowest BCUT2D eigenvalue weighted by molar-refractivity contribution is 0.0695. The zero-order valence-electron chi connectivity index (χ0n) is 10.1. The summed E-state index contributed by atoms with van der Waals surface area (Å²) in [6.45, 7) is 1.91. The molecule has 2 atom stereocenters. The Hall–Kier alpha value is -0.610. The number of aryl methyl sites for hydroxylation is 1. The third-order valence-corrected chi connectivity index (χ3v) is 4.59. The highest BCUT2D eigenvalue weighted by molar-refractivity contribution is 7.09. The normalized spacial score (nSPS) is 24.6. The molecule has 2 rings (SSSR count). The average molecular weight is 273 g/mol. The largest absolute Gasteiger partial charge is 0.336 e. The SMILES string of the molecule is Cc1nc(C(=O)N(C)C2CCCCC2Cl)cs1. The first kappa shape index (κ1) is 12.8. The maximum atomic E-state index is 12.2. The molecule has 5 heteroatoms. The van der Waals surface area contributed by atoms with Crippen molar-refractivity contribution in [2.24, 2.45) is 0 Å². The van der Waals surface area contributed by atoms with Crippen molar-refractivity contribution >= 4 is 28.8 Å².